The van der Waals surface area contributed by atoms with Crippen LogP contribution in [0.25, 0.3) is 0 Å². The minimum absolute atomic E-state index is 0.0950. The molecule has 0 aliphatic carbocycles. The standard InChI is InChI=1S/C19H18ClN3O3/c20-16-4-2-15(3-5-16)19(7-9-26-10-8-19)13-22-17-6-1-14(12-21)11-18(17)23(24)25/h1-6,11,22H,7-10,13H2. The van der Waals surface area contributed by atoms with E-state index < -0.39 is 4.92 Å². The summed E-state index contributed by atoms with van der Waals surface area (Å²) in [5.74, 6) is 0. The van der Waals surface area contributed by atoms with Gasteiger partial charge in [-0.25, -0.2) is 0 Å². The predicted molar refractivity (Wildman–Crippen MR) is 99.5 cm³/mol. The van der Waals surface area contributed by atoms with Crippen molar-refractivity contribution in [3.05, 3.63) is 68.7 Å². The van der Waals surface area contributed by atoms with Crippen LogP contribution in [0.15, 0.2) is 42.5 Å². The third-order valence-electron chi connectivity index (χ3n) is 4.85. The molecule has 0 saturated carbocycles. The molecule has 1 heterocycles. The third-order valence-corrected chi connectivity index (χ3v) is 5.10. The number of hydrogen-bond acceptors (Lipinski definition) is 5. The Morgan fingerprint density at radius 2 is 1.92 bits per heavy atom. The second-order valence-electron chi connectivity index (χ2n) is 6.35. The molecular formula is C19H18ClN3O3. The van der Waals surface area contributed by atoms with Crippen LogP contribution in [0.3, 0.4) is 0 Å². The first-order chi connectivity index (χ1) is 12.5. The predicted octanol–water partition coefficient (Wildman–Crippen LogP) is 4.28. The van der Waals surface area contributed by atoms with Crippen molar-refractivity contribution in [3.63, 3.8) is 0 Å². The first kappa shape index (κ1) is 18.2. The van der Waals surface area contributed by atoms with Gasteiger partial charge in [-0.1, -0.05) is 23.7 Å². The van der Waals surface area contributed by atoms with Crippen molar-refractivity contribution in [2.45, 2.75) is 18.3 Å². The van der Waals surface area contributed by atoms with E-state index in [-0.39, 0.29) is 16.7 Å². The zero-order chi connectivity index (χ0) is 18.6. The van der Waals surface area contributed by atoms with Crippen molar-refractivity contribution in [1.29, 1.82) is 5.26 Å². The summed E-state index contributed by atoms with van der Waals surface area (Å²) in [7, 11) is 0. The molecule has 0 unspecified atom stereocenters. The number of rotatable bonds is 5. The lowest BCUT2D eigenvalue weighted by Crippen LogP contribution is -2.40. The average Bonchev–Trinajstić information content (AvgIpc) is 2.67. The highest BCUT2D eigenvalue weighted by Crippen LogP contribution is 2.36. The molecule has 1 aliphatic heterocycles. The summed E-state index contributed by atoms with van der Waals surface area (Å²) in [6, 6.07) is 14.1. The lowest BCUT2D eigenvalue weighted by Gasteiger charge is -2.38. The van der Waals surface area contributed by atoms with Gasteiger partial charge < -0.3 is 10.1 Å². The van der Waals surface area contributed by atoms with Crippen molar-refractivity contribution >= 4 is 23.0 Å². The highest BCUT2D eigenvalue weighted by Gasteiger charge is 2.35. The molecule has 6 nitrogen and oxygen atoms in total. The van der Waals surface area contributed by atoms with Crippen LogP contribution in [0.5, 0.6) is 0 Å². The summed E-state index contributed by atoms with van der Waals surface area (Å²) in [6.07, 6.45) is 1.62. The molecule has 2 aromatic rings. The van der Waals surface area contributed by atoms with Crippen molar-refractivity contribution in [1.82, 2.24) is 0 Å². The van der Waals surface area contributed by atoms with Gasteiger partial charge in [0.2, 0.25) is 0 Å². The van der Waals surface area contributed by atoms with Crippen molar-refractivity contribution in [3.8, 4) is 6.07 Å². The van der Waals surface area contributed by atoms with Gasteiger partial charge in [-0.2, -0.15) is 5.26 Å². The highest BCUT2D eigenvalue weighted by molar-refractivity contribution is 6.30. The van der Waals surface area contributed by atoms with Gasteiger partial charge in [0.25, 0.3) is 5.69 Å². The Morgan fingerprint density at radius 1 is 1.23 bits per heavy atom. The number of nitro groups is 1. The zero-order valence-corrected chi connectivity index (χ0v) is 14.8. The van der Waals surface area contributed by atoms with Crippen molar-refractivity contribution in [2.24, 2.45) is 0 Å². The molecule has 1 saturated heterocycles. The molecule has 0 spiro atoms. The molecule has 7 heteroatoms. The van der Waals surface area contributed by atoms with Gasteiger partial charge in [-0.15, -0.1) is 0 Å². The number of benzene rings is 2. The van der Waals surface area contributed by atoms with E-state index in [1.807, 2.05) is 30.3 Å². The molecule has 0 aromatic heterocycles. The zero-order valence-electron chi connectivity index (χ0n) is 14.1. The second kappa shape index (κ2) is 7.73. The first-order valence-electron chi connectivity index (χ1n) is 8.30. The Morgan fingerprint density at radius 3 is 2.54 bits per heavy atom. The molecule has 1 fully saturated rings. The van der Waals surface area contributed by atoms with Gasteiger partial charge in [-0.05, 0) is 42.7 Å². The van der Waals surface area contributed by atoms with Gasteiger partial charge in [0.05, 0.1) is 16.6 Å². The molecule has 0 atom stereocenters. The van der Waals surface area contributed by atoms with Gasteiger partial charge in [0, 0.05) is 36.3 Å². The smallest absolute Gasteiger partial charge is 0.293 e. The Bertz CT molecular complexity index is 840. The highest BCUT2D eigenvalue weighted by atomic mass is 35.5. The van der Waals surface area contributed by atoms with Crippen LogP contribution in [-0.4, -0.2) is 24.7 Å². The molecule has 134 valence electrons. The topological polar surface area (TPSA) is 88.2 Å². The summed E-state index contributed by atoms with van der Waals surface area (Å²) in [6.45, 7) is 1.81. The van der Waals surface area contributed by atoms with E-state index in [1.54, 1.807) is 12.1 Å². The minimum atomic E-state index is -0.470. The fourth-order valence-corrected chi connectivity index (χ4v) is 3.43. The van der Waals surface area contributed by atoms with Crippen LogP contribution >= 0.6 is 11.6 Å². The van der Waals surface area contributed by atoms with E-state index in [2.05, 4.69) is 5.32 Å². The molecule has 26 heavy (non-hydrogen) atoms. The van der Waals surface area contributed by atoms with Crippen molar-refractivity contribution < 1.29 is 9.66 Å². The molecule has 0 amide bonds. The molecule has 0 radical (unpaired) electrons. The quantitative estimate of drug-likeness (QED) is 0.626. The van der Waals surface area contributed by atoms with E-state index in [0.29, 0.717) is 30.5 Å². The van der Waals surface area contributed by atoms with E-state index in [0.717, 1.165) is 18.4 Å². The Kier molecular flexibility index (Phi) is 5.40. The molecule has 3 rings (SSSR count). The Hall–Kier alpha value is -2.62. The van der Waals surface area contributed by atoms with E-state index in [1.165, 1.54) is 6.07 Å². The van der Waals surface area contributed by atoms with Gasteiger partial charge in [-0.3, -0.25) is 10.1 Å². The fourth-order valence-electron chi connectivity index (χ4n) is 3.30. The molecule has 1 N–H and O–H groups in total. The molecule has 2 aromatic carbocycles. The third kappa shape index (κ3) is 3.79. The fraction of sp³-hybridized carbons (Fsp3) is 0.316. The second-order valence-corrected chi connectivity index (χ2v) is 6.79. The average molecular weight is 372 g/mol. The summed E-state index contributed by atoms with van der Waals surface area (Å²) in [4.78, 5) is 10.9. The van der Waals surface area contributed by atoms with Crippen LogP contribution in [0.4, 0.5) is 11.4 Å². The van der Waals surface area contributed by atoms with Crippen molar-refractivity contribution in [2.75, 3.05) is 25.1 Å². The lowest BCUT2D eigenvalue weighted by atomic mass is 9.74. The van der Waals surface area contributed by atoms with Crippen LogP contribution in [-0.2, 0) is 10.2 Å². The summed E-state index contributed by atoms with van der Waals surface area (Å²) >= 11 is 6.01. The summed E-state index contributed by atoms with van der Waals surface area (Å²) < 4.78 is 5.52. The van der Waals surface area contributed by atoms with Gasteiger partial charge in [0.1, 0.15) is 5.69 Å². The number of nitriles is 1. The van der Waals surface area contributed by atoms with Crippen LogP contribution in [0.2, 0.25) is 5.02 Å². The maximum atomic E-state index is 11.3. The van der Waals surface area contributed by atoms with E-state index in [4.69, 9.17) is 21.6 Å². The van der Waals surface area contributed by atoms with Crippen LogP contribution in [0.1, 0.15) is 24.0 Å². The Balaban J connectivity index is 1.88. The van der Waals surface area contributed by atoms with E-state index >= 15 is 0 Å². The Labute approximate surface area is 156 Å². The lowest BCUT2D eigenvalue weighted by molar-refractivity contribution is -0.384. The number of hydrogen-bond donors (Lipinski definition) is 1. The molecule has 1 aliphatic rings. The first-order valence-corrected chi connectivity index (χ1v) is 8.68. The largest absolute Gasteiger partial charge is 0.381 e. The SMILES string of the molecule is N#Cc1ccc(NCC2(c3ccc(Cl)cc3)CCOCC2)c([N+](=O)[O-])c1. The number of anilines is 1. The number of nitrogens with one attached hydrogen (secondary N) is 1. The van der Waals surface area contributed by atoms with Crippen LogP contribution in [0, 0.1) is 21.4 Å². The number of nitro benzene ring substituents is 1. The monoisotopic (exact) mass is 371 g/mol. The minimum Gasteiger partial charge on any atom is -0.381 e. The maximum absolute atomic E-state index is 11.3. The normalized spacial score (nSPS) is 15.8. The van der Waals surface area contributed by atoms with Gasteiger partial charge in [0.15, 0.2) is 0 Å². The maximum Gasteiger partial charge on any atom is 0.293 e. The molecule has 0 bridgehead atoms. The molecular weight excluding hydrogens is 354 g/mol. The summed E-state index contributed by atoms with van der Waals surface area (Å²) in [5.41, 5.74) is 1.52. The van der Waals surface area contributed by atoms with E-state index in [9.17, 15) is 10.1 Å². The number of nitrogens with zero attached hydrogens (tertiary/aromatic N) is 2. The number of halogens is 1. The number of ether oxygens (including phenoxy) is 1. The summed E-state index contributed by atoms with van der Waals surface area (Å²) in [5, 5.41) is 24.2. The van der Waals surface area contributed by atoms with Gasteiger partial charge >= 0.3 is 0 Å². The van der Waals surface area contributed by atoms with Crippen LogP contribution < -0.4 is 5.32 Å².